The molecule has 1 aromatic heterocycles. The van der Waals surface area contributed by atoms with E-state index in [1.807, 2.05) is 24.8 Å². The first-order valence-corrected chi connectivity index (χ1v) is 7.94. The van der Waals surface area contributed by atoms with Crippen LogP contribution < -0.4 is 16.6 Å². The van der Waals surface area contributed by atoms with Crippen LogP contribution in [0.25, 0.3) is 0 Å². The Kier molecular flexibility index (Phi) is 4.88. The van der Waals surface area contributed by atoms with Crippen LogP contribution in [-0.4, -0.2) is 27.9 Å². The fraction of sp³-hybridized carbons (Fsp3) is 0.571. The summed E-state index contributed by atoms with van der Waals surface area (Å²) in [7, 11) is 0. The third-order valence-electron chi connectivity index (χ3n) is 3.57. The van der Waals surface area contributed by atoms with Gasteiger partial charge in [-0.1, -0.05) is 6.92 Å². The van der Waals surface area contributed by atoms with Crippen molar-refractivity contribution < 1.29 is 4.79 Å². The molecule has 0 bridgehead atoms. The Morgan fingerprint density at radius 3 is 2.95 bits per heavy atom. The van der Waals surface area contributed by atoms with E-state index < -0.39 is 0 Å². The van der Waals surface area contributed by atoms with Crippen LogP contribution >= 0.6 is 11.8 Å². The van der Waals surface area contributed by atoms with Crippen molar-refractivity contribution >= 4 is 23.5 Å². The van der Waals surface area contributed by atoms with Crippen LogP contribution in [0.2, 0.25) is 0 Å². The predicted octanol–water partition coefficient (Wildman–Crippen LogP) is 1.95. The van der Waals surface area contributed by atoms with E-state index in [9.17, 15) is 4.79 Å². The van der Waals surface area contributed by atoms with Gasteiger partial charge in [0, 0.05) is 22.5 Å². The number of pyridine rings is 1. The van der Waals surface area contributed by atoms with Crippen LogP contribution in [0.4, 0.5) is 5.82 Å². The van der Waals surface area contributed by atoms with Crippen molar-refractivity contribution in [2.45, 2.75) is 37.9 Å². The number of nitrogens with two attached hydrogens (primary N) is 1. The maximum absolute atomic E-state index is 12.3. The molecule has 0 saturated carbocycles. The monoisotopic (exact) mass is 294 g/mol. The molecule has 1 saturated heterocycles. The Morgan fingerprint density at radius 1 is 1.55 bits per heavy atom. The molecule has 0 radical (unpaired) electrons. The SMILES string of the molecule is CCc1cc(C(=O)NCC2(C)CCCS2)cc(NN)n1. The fourth-order valence-corrected chi connectivity index (χ4v) is 3.56. The number of nitrogens with one attached hydrogen (secondary N) is 2. The standard InChI is InChI=1S/C14H22N4OS/c1-3-11-7-10(8-12(17-11)18-15)13(19)16-9-14(2)5-4-6-20-14/h7-8H,3-6,9,15H2,1-2H3,(H,16,19)(H,17,18). The maximum atomic E-state index is 12.3. The highest BCUT2D eigenvalue weighted by atomic mass is 32.2. The molecule has 1 fully saturated rings. The van der Waals surface area contributed by atoms with Gasteiger partial charge in [-0.2, -0.15) is 11.8 Å². The van der Waals surface area contributed by atoms with Gasteiger partial charge in [-0.3, -0.25) is 4.79 Å². The van der Waals surface area contributed by atoms with Crippen molar-refractivity contribution in [3.8, 4) is 0 Å². The van der Waals surface area contributed by atoms with E-state index in [1.165, 1.54) is 12.2 Å². The Hall–Kier alpha value is -1.27. The van der Waals surface area contributed by atoms with Crippen molar-refractivity contribution in [3.05, 3.63) is 23.4 Å². The van der Waals surface area contributed by atoms with Gasteiger partial charge < -0.3 is 10.7 Å². The predicted molar refractivity (Wildman–Crippen MR) is 83.9 cm³/mol. The Labute approximate surface area is 124 Å². The molecule has 5 nitrogen and oxygen atoms in total. The van der Waals surface area contributed by atoms with Crippen LogP contribution in [0.3, 0.4) is 0 Å². The first-order chi connectivity index (χ1) is 9.56. The number of anilines is 1. The Morgan fingerprint density at radius 2 is 2.35 bits per heavy atom. The van der Waals surface area contributed by atoms with Crippen LogP contribution in [-0.2, 0) is 6.42 Å². The van der Waals surface area contributed by atoms with Crippen LogP contribution in [0.15, 0.2) is 12.1 Å². The largest absolute Gasteiger partial charge is 0.351 e. The molecule has 0 aromatic carbocycles. The zero-order valence-electron chi connectivity index (χ0n) is 12.0. The van der Waals surface area contributed by atoms with E-state index in [4.69, 9.17) is 5.84 Å². The van der Waals surface area contributed by atoms with Crippen molar-refractivity contribution in [1.29, 1.82) is 0 Å². The molecular weight excluding hydrogens is 272 g/mol. The molecule has 1 atom stereocenters. The number of nitrogen functional groups attached to an aromatic ring is 1. The minimum Gasteiger partial charge on any atom is -0.351 e. The highest BCUT2D eigenvalue weighted by Crippen LogP contribution is 2.36. The molecule has 1 aliphatic heterocycles. The summed E-state index contributed by atoms with van der Waals surface area (Å²) in [6, 6.07) is 3.50. The lowest BCUT2D eigenvalue weighted by Gasteiger charge is -2.22. The molecule has 4 N–H and O–H groups in total. The van der Waals surface area contributed by atoms with Gasteiger partial charge in [0.25, 0.3) is 5.91 Å². The zero-order valence-corrected chi connectivity index (χ0v) is 12.8. The average molecular weight is 294 g/mol. The molecule has 110 valence electrons. The maximum Gasteiger partial charge on any atom is 0.251 e. The number of carbonyl (C=O) groups is 1. The number of rotatable bonds is 5. The van der Waals surface area contributed by atoms with Gasteiger partial charge in [0.15, 0.2) is 0 Å². The summed E-state index contributed by atoms with van der Waals surface area (Å²) in [4.78, 5) is 16.5. The van der Waals surface area contributed by atoms with E-state index in [0.29, 0.717) is 17.9 Å². The lowest BCUT2D eigenvalue weighted by Crippen LogP contribution is -2.36. The van der Waals surface area contributed by atoms with Gasteiger partial charge in [-0.05, 0) is 44.1 Å². The van der Waals surface area contributed by atoms with Gasteiger partial charge in [0.1, 0.15) is 5.82 Å². The number of nitrogens with zero attached hydrogens (tertiary/aromatic N) is 1. The summed E-state index contributed by atoms with van der Waals surface area (Å²) in [6.07, 6.45) is 3.15. The van der Waals surface area contributed by atoms with Crippen LogP contribution in [0, 0.1) is 0 Å². The third-order valence-corrected chi connectivity index (χ3v) is 5.11. The fourth-order valence-electron chi connectivity index (χ4n) is 2.32. The number of hydrogen-bond acceptors (Lipinski definition) is 5. The molecular formula is C14H22N4OS. The highest BCUT2D eigenvalue weighted by Gasteiger charge is 2.29. The molecule has 1 amide bonds. The van der Waals surface area contributed by atoms with Crippen molar-refractivity contribution in [2.24, 2.45) is 5.84 Å². The highest BCUT2D eigenvalue weighted by molar-refractivity contribution is 8.00. The molecule has 0 aliphatic carbocycles. The van der Waals surface area contributed by atoms with E-state index in [2.05, 4.69) is 22.7 Å². The molecule has 1 aliphatic rings. The molecule has 2 rings (SSSR count). The number of hydrogen-bond donors (Lipinski definition) is 3. The minimum atomic E-state index is -0.0627. The van der Waals surface area contributed by atoms with E-state index in [-0.39, 0.29) is 10.7 Å². The van der Waals surface area contributed by atoms with Crippen molar-refractivity contribution in [3.63, 3.8) is 0 Å². The average Bonchev–Trinajstić information content (AvgIpc) is 2.91. The summed E-state index contributed by atoms with van der Waals surface area (Å²) < 4.78 is 0.172. The normalized spacial score (nSPS) is 21.8. The number of aromatic nitrogens is 1. The van der Waals surface area contributed by atoms with E-state index in [0.717, 1.165) is 18.5 Å². The molecule has 6 heteroatoms. The summed E-state index contributed by atoms with van der Waals surface area (Å²) >= 11 is 1.94. The molecule has 2 heterocycles. The van der Waals surface area contributed by atoms with Crippen LogP contribution in [0.1, 0.15) is 42.7 Å². The number of aryl methyl sites for hydroxylation is 1. The van der Waals surface area contributed by atoms with Gasteiger partial charge in [-0.25, -0.2) is 10.8 Å². The summed E-state index contributed by atoms with van der Waals surface area (Å²) in [5, 5.41) is 3.03. The third kappa shape index (κ3) is 3.64. The van der Waals surface area contributed by atoms with E-state index in [1.54, 1.807) is 6.07 Å². The second-order valence-corrected chi connectivity index (χ2v) is 7.00. The number of thioether (sulfide) groups is 1. The number of hydrazine groups is 1. The molecule has 20 heavy (non-hydrogen) atoms. The summed E-state index contributed by atoms with van der Waals surface area (Å²) in [6.45, 7) is 4.91. The molecule has 1 unspecified atom stereocenters. The number of carbonyl (C=O) groups excluding carboxylic acids is 1. The minimum absolute atomic E-state index is 0.0627. The number of amides is 1. The molecule has 1 aromatic rings. The topological polar surface area (TPSA) is 80.0 Å². The smallest absolute Gasteiger partial charge is 0.251 e. The lowest BCUT2D eigenvalue weighted by atomic mass is 10.1. The second-order valence-electron chi connectivity index (χ2n) is 5.31. The van der Waals surface area contributed by atoms with Crippen LogP contribution in [0.5, 0.6) is 0 Å². The van der Waals surface area contributed by atoms with Gasteiger partial charge in [-0.15, -0.1) is 0 Å². The summed E-state index contributed by atoms with van der Waals surface area (Å²) in [5.41, 5.74) is 3.97. The van der Waals surface area contributed by atoms with Gasteiger partial charge >= 0.3 is 0 Å². The Bertz CT molecular complexity index is 464. The summed E-state index contributed by atoms with van der Waals surface area (Å²) in [5.74, 6) is 7.03. The lowest BCUT2D eigenvalue weighted by molar-refractivity contribution is 0.0950. The second kappa shape index (κ2) is 6.45. The van der Waals surface area contributed by atoms with E-state index >= 15 is 0 Å². The quantitative estimate of drug-likeness (QED) is 0.571. The van der Waals surface area contributed by atoms with Crippen molar-refractivity contribution in [1.82, 2.24) is 10.3 Å². The van der Waals surface area contributed by atoms with Gasteiger partial charge in [0.05, 0.1) is 0 Å². The van der Waals surface area contributed by atoms with Gasteiger partial charge in [0.2, 0.25) is 0 Å². The Balaban J connectivity index is 2.04. The van der Waals surface area contributed by atoms with Crippen molar-refractivity contribution in [2.75, 3.05) is 17.7 Å². The molecule has 0 spiro atoms. The first-order valence-electron chi connectivity index (χ1n) is 6.96. The first kappa shape index (κ1) is 15.1. The zero-order chi connectivity index (χ0) is 14.6.